The molecule has 0 atom stereocenters. The Bertz CT molecular complexity index is 655. The van der Waals surface area contributed by atoms with Gasteiger partial charge < -0.3 is 15.2 Å². The van der Waals surface area contributed by atoms with E-state index in [0.717, 1.165) is 4.47 Å². The second-order valence-electron chi connectivity index (χ2n) is 4.15. The van der Waals surface area contributed by atoms with Crippen LogP contribution in [-0.4, -0.2) is 23.6 Å². The maximum atomic E-state index is 11.7. The smallest absolute Gasteiger partial charge is 0.342 e. The summed E-state index contributed by atoms with van der Waals surface area (Å²) in [5.74, 6) is -1.39. The van der Waals surface area contributed by atoms with E-state index in [1.54, 1.807) is 36.4 Å². The minimum atomic E-state index is -0.751. The number of rotatable bonds is 4. The van der Waals surface area contributed by atoms with E-state index in [0.29, 0.717) is 5.69 Å². The first-order chi connectivity index (χ1) is 10.1. The highest BCUT2D eigenvalue weighted by atomic mass is 79.9. The number of amides is 1. The van der Waals surface area contributed by atoms with Gasteiger partial charge in [0.2, 0.25) is 0 Å². The molecule has 2 aromatic rings. The van der Waals surface area contributed by atoms with E-state index in [4.69, 9.17) is 4.74 Å². The number of benzene rings is 2. The normalized spacial score (nSPS) is 9.95. The molecule has 2 aromatic carbocycles. The van der Waals surface area contributed by atoms with Crippen molar-refractivity contribution in [1.29, 1.82) is 0 Å². The van der Waals surface area contributed by atoms with Gasteiger partial charge in [0.25, 0.3) is 5.91 Å². The van der Waals surface area contributed by atoms with Gasteiger partial charge in [0.05, 0.1) is 0 Å². The largest absolute Gasteiger partial charge is 0.507 e. The van der Waals surface area contributed by atoms with Gasteiger partial charge in [0.1, 0.15) is 11.3 Å². The molecule has 0 aromatic heterocycles. The molecule has 2 N–H and O–H groups in total. The molecular weight excluding hydrogens is 338 g/mol. The minimum Gasteiger partial charge on any atom is -0.507 e. The lowest BCUT2D eigenvalue weighted by molar-refractivity contribution is -0.119. The van der Waals surface area contributed by atoms with E-state index >= 15 is 0 Å². The van der Waals surface area contributed by atoms with Crippen LogP contribution in [0.15, 0.2) is 53.0 Å². The van der Waals surface area contributed by atoms with E-state index in [1.807, 2.05) is 0 Å². The molecule has 21 heavy (non-hydrogen) atoms. The van der Waals surface area contributed by atoms with E-state index in [1.165, 1.54) is 12.1 Å². The van der Waals surface area contributed by atoms with Crippen LogP contribution in [0.4, 0.5) is 5.69 Å². The van der Waals surface area contributed by atoms with Gasteiger partial charge in [-0.1, -0.05) is 28.1 Å². The van der Waals surface area contributed by atoms with Crippen LogP contribution < -0.4 is 5.32 Å². The van der Waals surface area contributed by atoms with Crippen molar-refractivity contribution >= 4 is 33.5 Å². The Morgan fingerprint density at radius 2 is 1.76 bits per heavy atom. The summed E-state index contributed by atoms with van der Waals surface area (Å²) in [5.41, 5.74) is 0.621. The zero-order chi connectivity index (χ0) is 15.2. The van der Waals surface area contributed by atoms with Crippen LogP contribution >= 0.6 is 15.9 Å². The number of anilines is 1. The molecule has 0 bridgehead atoms. The number of phenols is 1. The van der Waals surface area contributed by atoms with Gasteiger partial charge in [0, 0.05) is 10.2 Å². The van der Waals surface area contributed by atoms with Crippen LogP contribution in [0.2, 0.25) is 0 Å². The summed E-state index contributed by atoms with van der Waals surface area (Å²) in [7, 11) is 0. The summed E-state index contributed by atoms with van der Waals surface area (Å²) in [6.45, 7) is -0.427. The van der Waals surface area contributed by atoms with Crippen molar-refractivity contribution in [2.75, 3.05) is 11.9 Å². The molecule has 0 aliphatic carbocycles. The molecule has 0 unspecified atom stereocenters. The first kappa shape index (κ1) is 15.1. The number of esters is 1. The fourth-order valence-electron chi connectivity index (χ4n) is 1.59. The topological polar surface area (TPSA) is 75.6 Å². The van der Waals surface area contributed by atoms with Gasteiger partial charge in [-0.15, -0.1) is 0 Å². The number of hydrogen-bond donors (Lipinski definition) is 2. The Hall–Kier alpha value is -2.34. The molecule has 0 heterocycles. The predicted octanol–water partition coefficient (Wildman–Crippen LogP) is 2.95. The molecule has 0 aliphatic heterocycles. The Balaban J connectivity index is 1.88. The molecule has 6 heteroatoms. The second-order valence-corrected chi connectivity index (χ2v) is 5.06. The Morgan fingerprint density at radius 3 is 2.43 bits per heavy atom. The molecule has 0 saturated heterocycles. The van der Waals surface area contributed by atoms with Crippen molar-refractivity contribution in [3.63, 3.8) is 0 Å². The maximum absolute atomic E-state index is 11.7. The summed E-state index contributed by atoms with van der Waals surface area (Å²) in [5, 5.41) is 12.1. The third-order valence-electron chi connectivity index (χ3n) is 2.59. The zero-order valence-corrected chi connectivity index (χ0v) is 12.5. The Kier molecular flexibility index (Phi) is 4.94. The van der Waals surface area contributed by atoms with Crippen LogP contribution in [-0.2, 0) is 9.53 Å². The third kappa shape index (κ3) is 4.32. The summed E-state index contributed by atoms with van der Waals surface area (Å²) >= 11 is 3.29. The van der Waals surface area contributed by atoms with E-state index < -0.39 is 18.5 Å². The number of halogens is 1. The van der Waals surface area contributed by atoms with Crippen molar-refractivity contribution < 1.29 is 19.4 Å². The summed E-state index contributed by atoms with van der Waals surface area (Å²) in [6, 6.07) is 13.0. The fourth-order valence-corrected chi connectivity index (χ4v) is 1.85. The van der Waals surface area contributed by atoms with Gasteiger partial charge in [-0.3, -0.25) is 4.79 Å². The van der Waals surface area contributed by atoms with Gasteiger partial charge in [-0.05, 0) is 36.4 Å². The van der Waals surface area contributed by atoms with Crippen molar-refractivity contribution in [3.8, 4) is 5.75 Å². The van der Waals surface area contributed by atoms with Crippen LogP contribution in [0.1, 0.15) is 10.4 Å². The van der Waals surface area contributed by atoms with Crippen molar-refractivity contribution in [3.05, 3.63) is 58.6 Å². The van der Waals surface area contributed by atoms with Gasteiger partial charge >= 0.3 is 5.97 Å². The number of hydrogen-bond acceptors (Lipinski definition) is 4. The lowest BCUT2D eigenvalue weighted by Gasteiger charge is -2.07. The molecule has 0 aliphatic rings. The van der Waals surface area contributed by atoms with Crippen LogP contribution in [0.5, 0.6) is 5.75 Å². The Labute approximate surface area is 129 Å². The number of carbonyl (C=O) groups is 2. The van der Waals surface area contributed by atoms with Gasteiger partial charge in [0.15, 0.2) is 6.61 Å². The molecule has 1 amide bonds. The average molecular weight is 350 g/mol. The lowest BCUT2D eigenvalue weighted by Crippen LogP contribution is -2.20. The van der Waals surface area contributed by atoms with Crippen molar-refractivity contribution in [1.82, 2.24) is 0 Å². The quantitative estimate of drug-likeness (QED) is 0.832. The first-order valence-corrected chi connectivity index (χ1v) is 6.86. The zero-order valence-electron chi connectivity index (χ0n) is 10.9. The minimum absolute atomic E-state index is 0.0222. The highest BCUT2D eigenvalue weighted by molar-refractivity contribution is 9.10. The first-order valence-electron chi connectivity index (χ1n) is 6.07. The van der Waals surface area contributed by atoms with Crippen LogP contribution in [0.3, 0.4) is 0 Å². The number of phenolic OH excluding ortho intramolecular Hbond substituents is 1. The number of aromatic hydroxyl groups is 1. The highest BCUT2D eigenvalue weighted by Gasteiger charge is 2.13. The average Bonchev–Trinajstić information content (AvgIpc) is 2.48. The summed E-state index contributed by atoms with van der Waals surface area (Å²) in [4.78, 5) is 23.4. The predicted molar refractivity (Wildman–Crippen MR) is 81.2 cm³/mol. The molecule has 108 valence electrons. The fraction of sp³-hybridized carbons (Fsp3) is 0.0667. The lowest BCUT2D eigenvalue weighted by atomic mass is 10.2. The summed E-state index contributed by atoms with van der Waals surface area (Å²) < 4.78 is 5.74. The van der Waals surface area contributed by atoms with E-state index in [2.05, 4.69) is 21.2 Å². The Morgan fingerprint density at radius 1 is 1.10 bits per heavy atom. The summed E-state index contributed by atoms with van der Waals surface area (Å²) in [6.07, 6.45) is 0. The number of carbonyl (C=O) groups excluding carboxylic acids is 2. The second kappa shape index (κ2) is 6.90. The molecule has 2 rings (SSSR count). The van der Waals surface area contributed by atoms with Gasteiger partial charge in [-0.2, -0.15) is 0 Å². The maximum Gasteiger partial charge on any atom is 0.342 e. The molecule has 0 saturated carbocycles. The number of para-hydroxylation sites is 1. The van der Waals surface area contributed by atoms with Crippen molar-refractivity contribution in [2.45, 2.75) is 0 Å². The SMILES string of the molecule is O=C(COC(=O)c1ccccc1O)Nc1ccc(Br)cc1. The molecule has 0 radical (unpaired) electrons. The van der Waals surface area contributed by atoms with E-state index in [9.17, 15) is 14.7 Å². The monoisotopic (exact) mass is 349 g/mol. The number of ether oxygens (including phenoxy) is 1. The third-order valence-corrected chi connectivity index (χ3v) is 3.11. The standard InChI is InChI=1S/C15H12BrNO4/c16-10-5-7-11(8-6-10)17-14(19)9-21-15(20)12-3-1-2-4-13(12)18/h1-8,18H,9H2,(H,17,19). The van der Waals surface area contributed by atoms with Crippen LogP contribution in [0.25, 0.3) is 0 Å². The highest BCUT2D eigenvalue weighted by Crippen LogP contribution is 2.17. The number of nitrogens with one attached hydrogen (secondary N) is 1. The van der Waals surface area contributed by atoms with Crippen molar-refractivity contribution in [2.24, 2.45) is 0 Å². The molecule has 5 nitrogen and oxygen atoms in total. The van der Waals surface area contributed by atoms with E-state index in [-0.39, 0.29) is 11.3 Å². The molecule has 0 spiro atoms. The van der Waals surface area contributed by atoms with Gasteiger partial charge in [-0.25, -0.2) is 4.79 Å². The molecular formula is C15H12BrNO4. The van der Waals surface area contributed by atoms with Crippen LogP contribution in [0, 0.1) is 0 Å². The molecule has 0 fully saturated rings.